The summed E-state index contributed by atoms with van der Waals surface area (Å²) < 4.78 is 80.0. The molecule has 1 aromatic carbocycles. The lowest BCUT2D eigenvalue weighted by Crippen LogP contribution is -2.26. The normalized spacial score (nSPS) is 14.1. The van der Waals surface area contributed by atoms with E-state index in [9.17, 15) is 31.5 Å². The van der Waals surface area contributed by atoms with Gasteiger partial charge in [0, 0.05) is 23.6 Å². The van der Waals surface area contributed by atoms with Gasteiger partial charge in [-0.3, -0.25) is 14.2 Å². The molecule has 2 N–H and O–H groups in total. The van der Waals surface area contributed by atoms with Crippen LogP contribution < -0.4 is 15.4 Å². The summed E-state index contributed by atoms with van der Waals surface area (Å²) in [5, 5.41) is 4.00. The Morgan fingerprint density at radius 3 is 2.68 bits per heavy atom. The molecule has 0 aliphatic carbocycles. The lowest BCUT2D eigenvalue weighted by atomic mass is 10.1. The Hall–Kier alpha value is -3.14. The molecule has 0 radical (unpaired) electrons. The fourth-order valence-electron chi connectivity index (χ4n) is 3.65. The van der Waals surface area contributed by atoms with Crippen molar-refractivity contribution in [2.45, 2.75) is 25.9 Å². The number of halogens is 5. The number of anilines is 1. The Labute approximate surface area is 214 Å². The number of carbonyl (C=O) groups excluding carboxylic acids is 2. The first-order valence-corrected chi connectivity index (χ1v) is 12.3. The van der Waals surface area contributed by atoms with Gasteiger partial charge in [-0.05, 0) is 23.1 Å². The largest absolute Gasteiger partial charge is 0.443 e. The lowest BCUT2D eigenvalue weighted by molar-refractivity contribution is -0.145. The molecular formula is C22H19F5N4O4S2. The molecule has 1 amide bonds. The number of nitrogens with two attached hydrogens (primary N) is 1. The molecule has 0 unspecified atom stereocenters. The van der Waals surface area contributed by atoms with E-state index in [1.165, 1.54) is 16.7 Å². The molecule has 0 saturated carbocycles. The molecule has 37 heavy (non-hydrogen) atoms. The number of rotatable bonds is 6. The van der Waals surface area contributed by atoms with Crippen molar-refractivity contribution < 1.29 is 41.0 Å². The molecule has 2 aromatic heterocycles. The number of carbonyl (C=O) groups is 2. The van der Waals surface area contributed by atoms with Crippen LogP contribution in [0.25, 0.3) is 11.3 Å². The van der Waals surface area contributed by atoms with Crippen molar-refractivity contribution in [1.82, 2.24) is 4.57 Å². The van der Waals surface area contributed by atoms with Gasteiger partial charge < -0.3 is 20.1 Å². The maximum absolute atomic E-state index is 14.9. The van der Waals surface area contributed by atoms with E-state index < -0.39 is 54.1 Å². The van der Waals surface area contributed by atoms with Crippen molar-refractivity contribution in [3.8, 4) is 11.3 Å². The predicted molar refractivity (Wildman–Crippen MR) is 124 cm³/mol. The highest BCUT2D eigenvalue weighted by molar-refractivity contribution is 7.14. The van der Waals surface area contributed by atoms with E-state index in [1.807, 2.05) is 17.3 Å². The Balaban J connectivity index is 1.74. The van der Waals surface area contributed by atoms with Crippen LogP contribution in [0.3, 0.4) is 0 Å². The summed E-state index contributed by atoms with van der Waals surface area (Å²) >= 11 is 2.26. The predicted octanol–water partition coefficient (Wildman–Crippen LogP) is 3.63. The number of benzene rings is 1. The SMILES string of the molecule is CN1COCc2c(CC(=O)/N=c3\scc(-c4ccc(F)c(C(F)(F)F)c4F)n3COC(=O)CN)csc21. The number of hydrogen-bond acceptors (Lipinski definition) is 8. The van der Waals surface area contributed by atoms with E-state index >= 15 is 0 Å². The minimum absolute atomic E-state index is 0.0698. The van der Waals surface area contributed by atoms with E-state index in [-0.39, 0.29) is 16.9 Å². The van der Waals surface area contributed by atoms with Gasteiger partial charge in [0.05, 0.1) is 30.3 Å². The molecule has 1 aliphatic rings. The summed E-state index contributed by atoms with van der Waals surface area (Å²) in [5.74, 6) is -5.09. The van der Waals surface area contributed by atoms with Gasteiger partial charge in [-0.25, -0.2) is 8.78 Å². The van der Waals surface area contributed by atoms with Crippen LogP contribution in [-0.4, -0.2) is 36.8 Å². The van der Waals surface area contributed by atoms with Crippen LogP contribution in [0.4, 0.5) is 27.0 Å². The number of aromatic nitrogens is 1. The number of alkyl halides is 3. The number of ether oxygens (including phenoxy) is 2. The summed E-state index contributed by atoms with van der Waals surface area (Å²) in [4.78, 5) is 30.3. The molecule has 4 rings (SSSR count). The quantitative estimate of drug-likeness (QED) is 0.364. The number of thiophene rings is 1. The Bertz CT molecular complexity index is 1410. The number of fused-ring (bicyclic) bond motifs is 1. The van der Waals surface area contributed by atoms with Crippen LogP contribution in [0, 0.1) is 11.6 Å². The van der Waals surface area contributed by atoms with E-state index in [0.29, 0.717) is 25.0 Å². The van der Waals surface area contributed by atoms with E-state index in [0.717, 1.165) is 32.5 Å². The maximum atomic E-state index is 14.9. The summed E-state index contributed by atoms with van der Waals surface area (Å²) in [6.07, 6.45) is -5.39. The lowest BCUT2D eigenvalue weighted by Gasteiger charge is -2.24. The van der Waals surface area contributed by atoms with Crippen LogP contribution in [0.1, 0.15) is 16.7 Å². The van der Waals surface area contributed by atoms with Crippen LogP contribution >= 0.6 is 22.7 Å². The highest BCUT2D eigenvalue weighted by Gasteiger charge is 2.39. The van der Waals surface area contributed by atoms with Gasteiger partial charge in [0.1, 0.15) is 23.9 Å². The molecule has 15 heteroatoms. The number of thiazole rings is 1. The van der Waals surface area contributed by atoms with E-state index in [1.54, 1.807) is 0 Å². The zero-order valence-electron chi connectivity index (χ0n) is 19.1. The zero-order valence-corrected chi connectivity index (χ0v) is 20.7. The van der Waals surface area contributed by atoms with Crippen LogP contribution in [0.2, 0.25) is 0 Å². The first-order valence-electron chi connectivity index (χ1n) is 10.6. The van der Waals surface area contributed by atoms with Gasteiger partial charge in [0.25, 0.3) is 5.91 Å². The molecule has 0 bridgehead atoms. The van der Waals surface area contributed by atoms with Crippen LogP contribution in [0.15, 0.2) is 27.9 Å². The Morgan fingerprint density at radius 1 is 1.22 bits per heavy atom. The average Bonchev–Trinajstić information content (AvgIpc) is 3.41. The van der Waals surface area contributed by atoms with Crippen molar-refractivity contribution in [3.63, 3.8) is 0 Å². The highest BCUT2D eigenvalue weighted by Crippen LogP contribution is 2.38. The summed E-state index contributed by atoms with van der Waals surface area (Å²) in [5.41, 5.74) is 3.91. The van der Waals surface area contributed by atoms with Crippen molar-refractivity contribution in [3.05, 3.63) is 56.0 Å². The molecule has 198 valence electrons. The second kappa shape index (κ2) is 10.7. The van der Waals surface area contributed by atoms with Gasteiger partial charge in [0.2, 0.25) is 0 Å². The minimum atomic E-state index is -5.29. The summed E-state index contributed by atoms with van der Waals surface area (Å²) in [7, 11) is 1.85. The minimum Gasteiger partial charge on any atom is -0.443 e. The van der Waals surface area contributed by atoms with Crippen molar-refractivity contribution in [1.29, 1.82) is 0 Å². The van der Waals surface area contributed by atoms with Crippen molar-refractivity contribution in [2.75, 3.05) is 25.2 Å². The average molecular weight is 563 g/mol. The van der Waals surface area contributed by atoms with Gasteiger partial charge in [-0.1, -0.05) is 0 Å². The van der Waals surface area contributed by atoms with Gasteiger partial charge in [-0.2, -0.15) is 18.2 Å². The molecule has 1 aliphatic heterocycles. The third-order valence-corrected chi connectivity index (χ3v) is 7.42. The molecule has 3 aromatic rings. The third-order valence-electron chi connectivity index (χ3n) is 5.37. The fraction of sp³-hybridized carbons (Fsp3) is 0.318. The highest BCUT2D eigenvalue weighted by atomic mass is 32.1. The van der Waals surface area contributed by atoms with E-state index in [2.05, 4.69) is 4.99 Å². The second-order valence-corrected chi connectivity index (χ2v) is 9.56. The number of esters is 1. The van der Waals surface area contributed by atoms with Crippen LogP contribution in [0.5, 0.6) is 0 Å². The van der Waals surface area contributed by atoms with Gasteiger partial charge in [-0.15, -0.1) is 22.7 Å². The molecular weight excluding hydrogens is 543 g/mol. The monoisotopic (exact) mass is 562 g/mol. The maximum Gasteiger partial charge on any atom is 0.422 e. The Kier molecular flexibility index (Phi) is 7.77. The van der Waals surface area contributed by atoms with Crippen LogP contribution in [-0.2, 0) is 45.0 Å². The fourth-order valence-corrected chi connectivity index (χ4v) is 5.60. The zero-order chi connectivity index (χ0) is 26.9. The third kappa shape index (κ3) is 5.58. The van der Waals surface area contributed by atoms with Gasteiger partial charge >= 0.3 is 12.1 Å². The van der Waals surface area contributed by atoms with E-state index in [4.69, 9.17) is 15.2 Å². The number of nitrogens with zero attached hydrogens (tertiary/aromatic N) is 3. The molecule has 0 spiro atoms. The molecule has 0 atom stereocenters. The second-order valence-electron chi connectivity index (χ2n) is 7.87. The molecule has 0 fully saturated rings. The summed E-state index contributed by atoms with van der Waals surface area (Å²) in [6.45, 7) is -0.365. The topological polar surface area (TPSA) is 99.1 Å². The first kappa shape index (κ1) is 26.9. The summed E-state index contributed by atoms with van der Waals surface area (Å²) in [6, 6.07) is 1.30. The number of amides is 1. The Morgan fingerprint density at radius 2 is 1.97 bits per heavy atom. The molecule has 8 nitrogen and oxygen atoms in total. The smallest absolute Gasteiger partial charge is 0.422 e. The first-order chi connectivity index (χ1) is 17.5. The van der Waals surface area contributed by atoms with Crippen molar-refractivity contribution >= 4 is 39.6 Å². The van der Waals surface area contributed by atoms with Crippen molar-refractivity contribution in [2.24, 2.45) is 10.7 Å². The molecule has 0 saturated heterocycles. The van der Waals surface area contributed by atoms with Gasteiger partial charge in [0.15, 0.2) is 11.5 Å². The number of hydrogen-bond donors (Lipinski definition) is 1. The molecule has 3 heterocycles. The standard InChI is InChI=1S/C22H19F5N4O4S2/c1-30-9-34-6-13-11(7-36-20(13)30)4-16(32)29-21-31(10-35-17(33)5-28)15(8-37-21)12-2-3-14(23)18(19(12)24)22(25,26)27/h2-3,7-8H,4-6,9-10,28H2,1H3/b29-21-.